The van der Waals surface area contributed by atoms with Gasteiger partial charge in [0.15, 0.2) is 11.4 Å². The Morgan fingerprint density at radius 3 is 1.73 bits per heavy atom. The molecule has 258 valence electrons. The third kappa shape index (κ3) is 3.39. The van der Waals surface area contributed by atoms with Crippen LogP contribution in [0.2, 0.25) is 0 Å². The highest BCUT2D eigenvalue weighted by atomic mass is 16.3. The molecule has 6 heteroatoms. The van der Waals surface area contributed by atoms with Gasteiger partial charge in [-0.3, -0.25) is 9.13 Å². The van der Waals surface area contributed by atoms with E-state index in [9.17, 15) is 0 Å². The Bertz CT molecular complexity index is 3960. The molecule has 0 saturated carbocycles. The first-order valence-corrected chi connectivity index (χ1v) is 19.0. The molecule has 8 aromatic carbocycles. The molecule has 0 amide bonds. The summed E-state index contributed by atoms with van der Waals surface area (Å²) in [5.74, 6) is 1.31. The van der Waals surface area contributed by atoms with Crippen LogP contribution >= 0.6 is 0 Å². The molecule has 0 aliphatic rings. The van der Waals surface area contributed by atoms with E-state index in [1.807, 2.05) is 12.1 Å². The maximum Gasteiger partial charge on any atom is 0.237 e. The van der Waals surface area contributed by atoms with Crippen LogP contribution in [0.4, 0.5) is 0 Å². The Morgan fingerprint density at radius 2 is 0.982 bits per heavy atom. The Hall–Kier alpha value is -7.70. The standard InChI is InChI=1S/C50H27N5O/c1-2-14-29-28(13-1)25-26-40-43(29)35-27-41-44(45-33-18-6-10-22-38(33)53(40)47(35)45)32-17-5-11-23-39(32)54(41)49-48-46(34-19-7-12-24-42(34)56-48)51-50(52-49)55-36-20-8-3-15-30(36)31-16-4-9-21-37(31)55/h1-27H. The van der Waals surface area contributed by atoms with Crippen molar-refractivity contribution in [1.82, 2.24) is 23.5 Å². The number of fused-ring (bicyclic) bond motifs is 18. The van der Waals surface area contributed by atoms with Crippen molar-refractivity contribution in [3.05, 3.63) is 164 Å². The van der Waals surface area contributed by atoms with Crippen molar-refractivity contribution in [1.29, 1.82) is 0 Å². The number of rotatable bonds is 2. The molecule has 56 heavy (non-hydrogen) atoms. The zero-order chi connectivity index (χ0) is 36.2. The normalized spacial score (nSPS) is 12.6. The van der Waals surface area contributed by atoms with E-state index >= 15 is 0 Å². The predicted molar refractivity (Wildman–Crippen MR) is 230 cm³/mol. The van der Waals surface area contributed by atoms with Crippen LogP contribution in [0.5, 0.6) is 0 Å². The number of aromatic nitrogens is 5. The van der Waals surface area contributed by atoms with Crippen LogP contribution in [-0.4, -0.2) is 23.5 Å². The van der Waals surface area contributed by atoms with Crippen molar-refractivity contribution in [3.8, 4) is 11.8 Å². The quantitative estimate of drug-likeness (QED) is 0.179. The molecule has 14 rings (SSSR count). The maximum absolute atomic E-state index is 6.82. The smallest absolute Gasteiger partial charge is 0.237 e. The number of hydrogen-bond donors (Lipinski definition) is 0. The second kappa shape index (κ2) is 10.1. The zero-order valence-electron chi connectivity index (χ0n) is 29.7. The van der Waals surface area contributed by atoms with Gasteiger partial charge in [-0.15, -0.1) is 0 Å². The lowest BCUT2D eigenvalue weighted by molar-refractivity contribution is 0.661. The zero-order valence-corrected chi connectivity index (χ0v) is 29.7. The average molecular weight is 714 g/mol. The SMILES string of the molecule is c1ccc2c(c1)ccc1c2c2cc3c(c4ccccc4n3-c3nc(-n4c5ccccc5c5ccccc54)nc4c3oc3ccccc34)c3c4ccccc4n1c23. The minimum absolute atomic E-state index is 0.598. The summed E-state index contributed by atoms with van der Waals surface area (Å²) in [4.78, 5) is 11.0. The second-order valence-corrected chi connectivity index (χ2v) is 14.9. The van der Waals surface area contributed by atoms with Crippen molar-refractivity contribution in [3.63, 3.8) is 0 Å². The first-order chi connectivity index (χ1) is 27.8. The van der Waals surface area contributed by atoms with E-state index in [1.165, 1.54) is 59.6 Å². The van der Waals surface area contributed by atoms with Crippen molar-refractivity contribution in [2.75, 3.05) is 0 Å². The van der Waals surface area contributed by atoms with Crippen molar-refractivity contribution in [2.45, 2.75) is 0 Å². The molecule has 6 nitrogen and oxygen atoms in total. The minimum atomic E-state index is 0.598. The average Bonchev–Trinajstić information content (AvgIpc) is 4.05. The fourth-order valence-corrected chi connectivity index (χ4v) is 9.97. The van der Waals surface area contributed by atoms with Crippen LogP contribution in [0.25, 0.3) is 126 Å². The first-order valence-electron chi connectivity index (χ1n) is 19.0. The van der Waals surface area contributed by atoms with Crippen LogP contribution in [0, 0.1) is 0 Å². The summed E-state index contributed by atoms with van der Waals surface area (Å²) >= 11 is 0. The fraction of sp³-hybridized carbons (Fsp3) is 0. The number of furan rings is 1. The lowest BCUT2D eigenvalue weighted by Crippen LogP contribution is -2.06. The van der Waals surface area contributed by atoms with Crippen LogP contribution in [0.3, 0.4) is 0 Å². The summed E-state index contributed by atoms with van der Waals surface area (Å²) in [6.45, 7) is 0. The molecule has 0 N–H and O–H groups in total. The van der Waals surface area contributed by atoms with Crippen molar-refractivity contribution in [2.24, 2.45) is 0 Å². The lowest BCUT2D eigenvalue weighted by Gasteiger charge is -2.12. The molecule has 0 radical (unpaired) electrons. The molecule has 6 aromatic heterocycles. The molecule has 14 aromatic rings. The van der Waals surface area contributed by atoms with Crippen LogP contribution < -0.4 is 0 Å². The van der Waals surface area contributed by atoms with Crippen LogP contribution in [-0.2, 0) is 0 Å². The van der Waals surface area contributed by atoms with Crippen molar-refractivity contribution >= 4 is 115 Å². The van der Waals surface area contributed by atoms with E-state index in [0.717, 1.165) is 49.3 Å². The van der Waals surface area contributed by atoms with Crippen LogP contribution in [0.1, 0.15) is 0 Å². The summed E-state index contributed by atoms with van der Waals surface area (Å²) in [5.41, 5.74) is 10.1. The molecule has 0 atom stereocenters. The molecule has 0 spiro atoms. The topological polar surface area (TPSA) is 53.2 Å². The van der Waals surface area contributed by atoms with Gasteiger partial charge in [0.1, 0.15) is 11.1 Å². The van der Waals surface area contributed by atoms with Gasteiger partial charge in [-0.1, -0.05) is 115 Å². The molecular formula is C50H27N5O. The molecule has 6 heterocycles. The lowest BCUT2D eigenvalue weighted by atomic mass is 9.99. The van der Waals surface area contributed by atoms with Gasteiger partial charge in [0.05, 0.1) is 38.6 Å². The van der Waals surface area contributed by atoms with E-state index in [2.05, 4.69) is 165 Å². The molecule has 0 unspecified atom stereocenters. The van der Waals surface area contributed by atoms with Gasteiger partial charge in [0.2, 0.25) is 5.95 Å². The highest BCUT2D eigenvalue weighted by Crippen LogP contribution is 2.48. The molecule has 0 bridgehead atoms. The third-order valence-electron chi connectivity index (χ3n) is 12.2. The van der Waals surface area contributed by atoms with E-state index in [1.54, 1.807) is 0 Å². The van der Waals surface area contributed by atoms with E-state index < -0.39 is 0 Å². The Morgan fingerprint density at radius 1 is 0.393 bits per heavy atom. The summed E-state index contributed by atoms with van der Waals surface area (Å²) < 4.78 is 13.8. The molecule has 0 aliphatic heterocycles. The van der Waals surface area contributed by atoms with Gasteiger partial charge in [-0.2, -0.15) is 4.98 Å². The Balaban J connectivity index is 1.23. The second-order valence-electron chi connectivity index (χ2n) is 14.9. The van der Waals surface area contributed by atoms with Gasteiger partial charge in [0.25, 0.3) is 0 Å². The predicted octanol–water partition coefficient (Wildman–Crippen LogP) is 12.9. The van der Waals surface area contributed by atoms with Crippen LogP contribution in [0.15, 0.2) is 168 Å². The van der Waals surface area contributed by atoms with E-state index in [4.69, 9.17) is 14.4 Å². The summed E-state index contributed by atoms with van der Waals surface area (Å²) in [6, 6.07) is 58.5. The molecule has 0 fully saturated rings. The van der Waals surface area contributed by atoms with Gasteiger partial charge in [-0.25, -0.2) is 4.98 Å². The first kappa shape index (κ1) is 28.8. The summed E-state index contributed by atoms with van der Waals surface area (Å²) in [6.07, 6.45) is 0. The van der Waals surface area contributed by atoms with E-state index in [-0.39, 0.29) is 0 Å². The minimum Gasteiger partial charge on any atom is -0.450 e. The monoisotopic (exact) mass is 713 g/mol. The maximum atomic E-state index is 6.82. The highest BCUT2D eigenvalue weighted by Gasteiger charge is 2.28. The number of hydrogen-bond acceptors (Lipinski definition) is 3. The van der Waals surface area contributed by atoms with Gasteiger partial charge < -0.3 is 8.82 Å². The number of benzene rings is 8. The van der Waals surface area contributed by atoms with Gasteiger partial charge >= 0.3 is 0 Å². The van der Waals surface area contributed by atoms with Gasteiger partial charge in [0, 0.05) is 48.5 Å². The Kier molecular flexibility index (Phi) is 5.18. The highest BCUT2D eigenvalue weighted by molar-refractivity contribution is 6.37. The molecular weight excluding hydrogens is 687 g/mol. The largest absolute Gasteiger partial charge is 0.450 e. The Labute approximate surface area is 317 Å². The molecule has 0 aliphatic carbocycles. The summed E-state index contributed by atoms with van der Waals surface area (Å²) in [5, 5.41) is 13.1. The fourth-order valence-electron chi connectivity index (χ4n) is 9.97. The summed E-state index contributed by atoms with van der Waals surface area (Å²) in [7, 11) is 0. The van der Waals surface area contributed by atoms with E-state index in [0.29, 0.717) is 17.3 Å². The third-order valence-corrected chi connectivity index (χ3v) is 12.2. The number of para-hydroxylation sites is 5. The number of nitrogens with zero attached hydrogens (tertiary/aromatic N) is 5. The molecule has 0 saturated heterocycles. The van der Waals surface area contributed by atoms with Gasteiger partial charge in [-0.05, 0) is 59.3 Å². The van der Waals surface area contributed by atoms with Crippen molar-refractivity contribution < 1.29 is 4.42 Å².